The van der Waals surface area contributed by atoms with Gasteiger partial charge in [0.05, 0.1) is 6.20 Å². The molecule has 0 saturated carbocycles. The molecule has 2 aromatic rings. The summed E-state index contributed by atoms with van der Waals surface area (Å²) >= 11 is 11.7. The number of hydrogen-bond donors (Lipinski definition) is 0. The van der Waals surface area contributed by atoms with Crippen molar-refractivity contribution in [3.63, 3.8) is 0 Å². The first-order valence-corrected chi connectivity index (χ1v) is 4.98. The first-order valence-electron chi connectivity index (χ1n) is 4.22. The van der Waals surface area contributed by atoms with Gasteiger partial charge in [-0.05, 0) is 29.8 Å². The molecule has 0 fully saturated rings. The fourth-order valence-electron chi connectivity index (χ4n) is 1.29. The topological polar surface area (TPSA) is 12.9 Å². The van der Waals surface area contributed by atoms with Crippen molar-refractivity contribution in [2.75, 3.05) is 0 Å². The second-order valence-corrected chi connectivity index (χ2v) is 3.92. The van der Waals surface area contributed by atoms with Crippen LogP contribution in [0.25, 0.3) is 11.1 Å². The summed E-state index contributed by atoms with van der Waals surface area (Å²) in [6.45, 7) is 0. The summed E-state index contributed by atoms with van der Waals surface area (Å²) in [5.41, 5.74) is 1.40. The minimum absolute atomic E-state index is 0.386. The van der Waals surface area contributed by atoms with Gasteiger partial charge >= 0.3 is 0 Å². The van der Waals surface area contributed by atoms with Crippen molar-refractivity contribution in [2.45, 2.75) is 0 Å². The van der Waals surface area contributed by atoms with Crippen molar-refractivity contribution >= 4 is 23.2 Å². The van der Waals surface area contributed by atoms with E-state index in [-0.39, 0.29) is 5.82 Å². The van der Waals surface area contributed by atoms with Crippen molar-refractivity contribution < 1.29 is 4.39 Å². The van der Waals surface area contributed by atoms with Crippen LogP contribution in [-0.2, 0) is 0 Å². The van der Waals surface area contributed by atoms with E-state index in [4.69, 9.17) is 23.2 Å². The highest BCUT2D eigenvalue weighted by atomic mass is 35.5. The standard InChI is InChI=1S/C11H6Cl2FN/c12-9-1-7(2-10(13)4-9)8-3-11(14)6-15-5-8/h1-6H. The summed E-state index contributed by atoms with van der Waals surface area (Å²) < 4.78 is 12.9. The monoisotopic (exact) mass is 241 g/mol. The average molecular weight is 242 g/mol. The minimum atomic E-state index is -0.386. The Bertz CT molecular complexity index is 479. The second kappa shape index (κ2) is 4.17. The highest BCUT2D eigenvalue weighted by Crippen LogP contribution is 2.26. The number of hydrogen-bond acceptors (Lipinski definition) is 1. The van der Waals surface area contributed by atoms with Crippen LogP contribution < -0.4 is 0 Å². The van der Waals surface area contributed by atoms with Gasteiger partial charge in [0.1, 0.15) is 5.82 Å². The molecule has 0 atom stereocenters. The molecule has 0 aliphatic heterocycles. The Labute approximate surface area is 96.5 Å². The Balaban J connectivity index is 2.54. The summed E-state index contributed by atoms with van der Waals surface area (Å²) in [6.07, 6.45) is 2.71. The van der Waals surface area contributed by atoms with Gasteiger partial charge in [0, 0.05) is 21.8 Å². The molecular weight excluding hydrogens is 236 g/mol. The normalized spacial score (nSPS) is 10.3. The van der Waals surface area contributed by atoms with Crippen LogP contribution in [0.5, 0.6) is 0 Å². The van der Waals surface area contributed by atoms with Crippen LogP contribution in [0, 0.1) is 5.82 Å². The van der Waals surface area contributed by atoms with E-state index in [0.717, 1.165) is 11.8 Å². The Morgan fingerprint density at radius 3 is 2.13 bits per heavy atom. The van der Waals surface area contributed by atoms with Crippen molar-refractivity contribution in [2.24, 2.45) is 0 Å². The highest BCUT2D eigenvalue weighted by Gasteiger charge is 2.02. The van der Waals surface area contributed by atoms with Crippen LogP contribution in [0.4, 0.5) is 4.39 Å². The van der Waals surface area contributed by atoms with Gasteiger partial charge in [-0.25, -0.2) is 4.39 Å². The van der Waals surface area contributed by atoms with E-state index in [2.05, 4.69) is 4.98 Å². The predicted octanol–water partition coefficient (Wildman–Crippen LogP) is 4.19. The summed E-state index contributed by atoms with van der Waals surface area (Å²) in [6, 6.07) is 6.43. The van der Waals surface area contributed by atoms with Crippen molar-refractivity contribution in [3.8, 4) is 11.1 Å². The number of benzene rings is 1. The molecule has 0 aliphatic rings. The van der Waals surface area contributed by atoms with E-state index in [1.165, 1.54) is 6.07 Å². The fraction of sp³-hybridized carbons (Fsp3) is 0. The van der Waals surface area contributed by atoms with Gasteiger partial charge in [0.2, 0.25) is 0 Å². The maximum atomic E-state index is 12.9. The molecule has 0 unspecified atom stereocenters. The maximum Gasteiger partial charge on any atom is 0.142 e. The summed E-state index contributed by atoms with van der Waals surface area (Å²) in [5.74, 6) is -0.386. The van der Waals surface area contributed by atoms with E-state index >= 15 is 0 Å². The van der Waals surface area contributed by atoms with E-state index in [1.54, 1.807) is 24.4 Å². The zero-order chi connectivity index (χ0) is 10.8. The number of rotatable bonds is 1. The molecule has 0 aliphatic carbocycles. The lowest BCUT2D eigenvalue weighted by atomic mass is 10.1. The molecule has 4 heteroatoms. The van der Waals surface area contributed by atoms with Gasteiger partial charge in [-0.15, -0.1) is 0 Å². The molecule has 2 rings (SSSR count). The van der Waals surface area contributed by atoms with Gasteiger partial charge < -0.3 is 0 Å². The van der Waals surface area contributed by atoms with Gasteiger partial charge in [-0.1, -0.05) is 23.2 Å². The van der Waals surface area contributed by atoms with Crippen LogP contribution in [0.2, 0.25) is 10.0 Å². The van der Waals surface area contributed by atoms with Crippen LogP contribution in [0.3, 0.4) is 0 Å². The molecule has 15 heavy (non-hydrogen) atoms. The predicted molar refractivity (Wildman–Crippen MR) is 59.7 cm³/mol. The fourth-order valence-corrected chi connectivity index (χ4v) is 1.82. The lowest BCUT2D eigenvalue weighted by Crippen LogP contribution is -1.83. The van der Waals surface area contributed by atoms with Gasteiger partial charge in [-0.3, -0.25) is 4.98 Å². The average Bonchev–Trinajstić information content (AvgIpc) is 2.16. The summed E-state index contributed by atoms with van der Waals surface area (Å²) in [4.78, 5) is 3.76. The molecule has 0 amide bonds. The third-order valence-corrected chi connectivity index (χ3v) is 2.34. The zero-order valence-corrected chi connectivity index (χ0v) is 9.06. The SMILES string of the molecule is Fc1cncc(-c2cc(Cl)cc(Cl)c2)c1. The molecule has 1 heterocycles. The van der Waals surface area contributed by atoms with E-state index in [1.807, 2.05) is 0 Å². The molecule has 1 aromatic carbocycles. The van der Waals surface area contributed by atoms with Crippen molar-refractivity contribution in [1.82, 2.24) is 4.98 Å². The zero-order valence-electron chi connectivity index (χ0n) is 7.55. The third kappa shape index (κ3) is 2.46. The van der Waals surface area contributed by atoms with Gasteiger partial charge in [-0.2, -0.15) is 0 Å². The smallest absolute Gasteiger partial charge is 0.142 e. The largest absolute Gasteiger partial charge is 0.261 e. The van der Waals surface area contributed by atoms with E-state index in [0.29, 0.717) is 15.6 Å². The van der Waals surface area contributed by atoms with Crippen LogP contribution >= 0.6 is 23.2 Å². The number of halogens is 3. The second-order valence-electron chi connectivity index (χ2n) is 3.05. The molecule has 1 nitrogen and oxygen atoms in total. The number of nitrogens with zero attached hydrogens (tertiary/aromatic N) is 1. The van der Waals surface area contributed by atoms with E-state index in [9.17, 15) is 4.39 Å². The Morgan fingerprint density at radius 1 is 0.867 bits per heavy atom. The molecular formula is C11H6Cl2FN. The van der Waals surface area contributed by atoms with Crippen LogP contribution in [-0.4, -0.2) is 4.98 Å². The van der Waals surface area contributed by atoms with Crippen LogP contribution in [0.15, 0.2) is 36.7 Å². The maximum absolute atomic E-state index is 12.9. The Hall–Kier alpha value is -1.12. The summed E-state index contributed by atoms with van der Waals surface area (Å²) in [5, 5.41) is 1.03. The third-order valence-electron chi connectivity index (χ3n) is 1.90. The lowest BCUT2D eigenvalue weighted by Gasteiger charge is -2.02. The Kier molecular flexibility index (Phi) is 2.89. The molecule has 76 valence electrons. The Morgan fingerprint density at radius 2 is 1.53 bits per heavy atom. The van der Waals surface area contributed by atoms with Gasteiger partial charge in [0.25, 0.3) is 0 Å². The minimum Gasteiger partial charge on any atom is -0.261 e. The van der Waals surface area contributed by atoms with Crippen LogP contribution in [0.1, 0.15) is 0 Å². The lowest BCUT2D eigenvalue weighted by molar-refractivity contribution is 0.622. The molecule has 0 spiro atoms. The molecule has 0 saturated heterocycles. The van der Waals surface area contributed by atoms with Crippen molar-refractivity contribution in [3.05, 3.63) is 52.5 Å². The molecule has 0 N–H and O–H groups in total. The first kappa shape index (κ1) is 10.4. The van der Waals surface area contributed by atoms with Gasteiger partial charge in [0.15, 0.2) is 0 Å². The number of pyridine rings is 1. The van der Waals surface area contributed by atoms with E-state index < -0.39 is 0 Å². The van der Waals surface area contributed by atoms with Crippen molar-refractivity contribution in [1.29, 1.82) is 0 Å². The molecule has 0 radical (unpaired) electrons. The summed E-state index contributed by atoms with van der Waals surface area (Å²) in [7, 11) is 0. The molecule has 1 aromatic heterocycles. The number of aromatic nitrogens is 1. The first-order chi connectivity index (χ1) is 7.15. The quantitative estimate of drug-likeness (QED) is 0.730. The molecule has 0 bridgehead atoms. The highest BCUT2D eigenvalue weighted by molar-refractivity contribution is 6.35.